The van der Waals surface area contributed by atoms with Crippen LogP contribution >= 0.6 is 0 Å². The number of carboxylic acids is 1. The number of imidazole rings is 1. The first-order valence-electron chi connectivity index (χ1n) is 3.13. The summed E-state index contributed by atoms with van der Waals surface area (Å²) in [5.74, 6) is -2.01. The molecular weight excluding hydrogens is 162 g/mol. The third-order valence-corrected chi connectivity index (χ3v) is 1.29. The van der Waals surface area contributed by atoms with E-state index in [9.17, 15) is 14.7 Å². The fraction of sp³-hybridized carbons (Fsp3) is 0.167. The molecule has 12 heavy (non-hydrogen) atoms. The molecule has 1 rings (SSSR count). The Morgan fingerprint density at radius 1 is 1.67 bits per heavy atom. The summed E-state index contributed by atoms with van der Waals surface area (Å²) in [6.07, 6.45) is 1.12. The highest BCUT2D eigenvalue weighted by molar-refractivity contribution is 6.01. The SMILES string of the molecule is CNC(=O)c1nc[nH]c1C(=O)[O-]. The fourth-order valence-electron chi connectivity index (χ4n) is 0.740. The molecule has 1 aromatic rings. The van der Waals surface area contributed by atoms with Crippen molar-refractivity contribution in [1.29, 1.82) is 0 Å². The number of carbonyl (C=O) groups excluding carboxylic acids is 2. The second-order valence-electron chi connectivity index (χ2n) is 1.99. The predicted molar refractivity (Wildman–Crippen MR) is 36.3 cm³/mol. The minimum absolute atomic E-state index is 0.169. The minimum atomic E-state index is -1.45. The van der Waals surface area contributed by atoms with Crippen LogP contribution in [0.4, 0.5) is 0 Å². The molecule has 0 saturated carbocycles. The van der Waals surface area contributed by atoms with Gasteiger partial charge >= 0.3 is 0 Å². The van der Waals surface area contributed by atoms with Crippen LogP contribution < -0.4 is 10.4 Å². The van der Waals surface area contributed by atoms with Crippen LogP contribution in [0.15, 0.2) is 6.33 Å². The number of aromatic amines is 1. The van der Waals surface area contributed by atoms with Gasteiger partial charge in [0.1, 0.15) is 0 Å². The van der Waals surface area contributed by atoms with E-state index in [4.69, 9.17) is 0 Å². The van der Waals surface area contributed by atoms with Gasteiger partial charge in [-0.3, -0.25) is 4.79 Å². The van der Waals surface area contributed by atoms with Crippen LogP contribution in [0.3, 0.4) is 0 Å². The largest absolute Gasteiger partial charge is 0.543 e. The van der Waals surface area contributed by atoms with Crippen molar-refractivity contribution >= 4 is 11.9 Å². The summed E-state index contributed by atoms with van der Waals surface area (Å²) in [4.78, 5) is 27.1. The van der Waals surface area contributed by atoms with Crippen molar-refractivity contribution in [2.45, 2.75) is 0 Å². The van der Waals surface area contributed by atoms with E-state index in [1.165, 1.54) is 7.05 Å². The summed E-state index contributed by atoms with van der Waals surface area (Å²) in [6, 6.07) is 0. The standard InChI is InChI=1S/C6H7N3O3/c1-7-5(10)3-4(6(11)12)9-2-8-3/h2H,1H3,(H,7,10)(H,8,9)(H,11,12)/p-1. The summed E-state index contributed by atoms with van der Waals surface area (Å²) in [5.41, 5.74) is -0.480. The van der Waals surface area contributed by atoms with Crippen molar-refractivity contribution in [3.63, 3.8) is 0 Å². The van der Waals surface area contributed by atoms with Gasteiger partial charge in [0.15, 0.2) is 5.69 Å². The highest BCUT2D eigenvalue weighted by Crippen LogP contribution is 1.99. The number of nitrogens with one attached hydrogen (secondary N) is 2. The fourth-order valence-corrected chi connectivity index (χ4v) is 0.740. The van der Waals surface area contributed by atoms with Gasteiger partial charge in [0.05, 0.1) is 18.0 Å². The van der Waals surface area contributed by atoms with Gasteiger partial charge in [-0.2, -0.15) is 0 Å². The maximum atomic E-state index is 10.9. The topological polar surface area (TPSA) is 97.9 Å². The molecule has 0 unspecified atom stereocenters. The van der Waals surface area contributed by atoms with E-state index in [1.807, 2.05) is 0 Å². The van der Waals surface area contributed by atoms with E-state index in [0.717, 1.165) is 6.33 Å². The number of hydrogen-bond acceptors (Lipinski definition) is 4. The normalized spacial score (nSPS) is 9.42. The average Bonchev–Trinajstić information content (AvgIpc) is 2.50. The molecule has 0 aliphatic heterocycles. The Hall–Kier alpha value is -1.85. The zero-order valence-corrected chi connectivity index (χ0v) is 6.25. The summed E-state index contributed by atoms with van der Waals surface area (Å²) >= 11 is 0. The molecule has 64 valence electrons. The monoisotopic (exact) mass is 168 g/mol. The van der Waals surface area contributed by atoms with Crippen LogP contribution in [0.5, 0.6) is 0 Å². The highest BCUT2D eigenvalue weighted by atomic mass is 16.4. The Labute approximate surface area is 67.6 Å². The van der Waals surface area contributed by atoms with Gasteiger partial charge in [-0.1, -0.05) is 0 Å². The van der Waals surface area contributed by atoms with Gasteiger partial charge in [0, 0.05) is 7.05 Å². The van der Waals surface area contributed by atoms with E-state index in [2.05, 4.69) is 15.3 Å². The second-order valence-corrected chi connectivity index (χ2v) is 1.99. The van der Waals surface area contributed by atoms with Crippen molar-refractivity contribution in [2.75, 3.05) is 7.05 Å². The van der Waals surface area contributed by atoms with Crippen LogP contribution in [0.25, 0.3) is 0 Å². The van der Waals surface area contributed by atoms with Crippen LogP contribution in [0.1, 0.15) is 21.0 Å². The molecule has 0 bridgehead atoms. The molecule has 0 aliphatic carbocycles. The van der Waals surface area contributed by atoms with Gasteiger partial charge in [-0.15, -0.1) is 0 Å². The van der Waals surface area contributed by atoms with E-state index in [0.29, 0.717) is 0 Å². The zero-order chi connectivity index (χ0) is 9.14. The molecule has 0 spiro atoms. The molecule has 0 fully saturated rings. The molecule has 1 amide bonds. The first-order valence-corrected chi connectivity index (χ1v) is 3.13. The number of hydrogen-bond donors (Lipinski definition) is 2. The van der Waals surface area contributed by atoms with Gasteiger partial charge in [0.25, 0.3) is 5.91 Å². The minimum Gasteiger partial charge on any atom is -0.543 e. The summed E-state index contributed by atoms with van der Waals surface area (Å²) < 4.78 is 0. The first kappa shape index (κ1) is 8.25. The molecule has 6 nitrogen and oxygen atoms in total. The lowest BCUT2D eigenvalue weighted by Gasteiger charge is -2.00. The molecule has 0 aliphatic rings. The zero-order valence-electron chi connectivity index (χ0n) is 6.25. The number of carboxylic acid groups (broad SMARTS) is 1. The van der Waals surface area contributed by atoms with E-state index < -0.39 is 11.9 Å². The van der Waals surface area contributed by atoms with Crippen LogP contribution in [0, 0.1) is 0 Å². The molecule has 0 radical (unpaired) electrons. The lowest BCUT2D eigenvalue weighted by atomic mass is 10.3. The average molecular weight is 168 g/mol. The van der Waals surface area contributed by atoms with Crippen LogP contribution in [-0.4, -0.2) is 28.9 Å². The Bertz CT molecular complexity index is 318. The molecule has 6 heteroatoms. The predicted octanol–water partition coefficient (Wildman–Crippen LogP) is -1.87. The molecule has 2 N–H and O–H groups in total. The van der Waals surface area contributed by atoms with Crippen molar-refractivity contribution in [1.82, 2.24) is 15.3 Å². The summed E-state index contributed by atoms with van der Waals surface area (Å²) in [7, 11) is 1.38. The number of H-pyrrole nitrogens is 1. The van der Waals surface area contributed by atoms with Crippen molar-refractivity contribution in [3.8, 4) is 0 Å². The third kappa shape index (κ3) is 1.26. The van der Waals surface area contributed by atoms with Gasteiger partial charge in [0.2, 0.25) is 0 Å². The lowest BCUT2D eigenvalue weighted by Crippen LogP contribution is -2.28. The summed E-state index contributed by atoms with van der Waals surface area (Å²) in [6.45, 7) is 0. The molecule has 1 heterocycles. The number of amides is 1. The first-order chi connectivity index (χ1) is 5.66. The van der Waals surface area contributed by atoms with Crippen molar-refractivity contribution in [2.24, 2.45) is 0 Å². The Kier molecular flexibility index (Phi) is 2.09. The van der Waals surface area contributed by atoms with E-state index in [-0.39, 0.29) is 11.4 Å². The molecular formula is C6H6N3O3-. The lowest BCUT2D eigenvalue weighted by molar-refractivity contribution is -0.255. The second kappa shape index (κ2) is 3.04. The van der Waals surface area contributed by atoms with Crippen LogP contribution in [-0.2, 0) is 0 Å². The number of aromatic nitrogens is 2. The number of aromatic carboxylic acids is 1. The van der Waals surface area contributed by atoms with Gasteiger partial charge in [-0.25, -0.2) is 4.98 Å². The number of nitrogens with zero attached hydrogens (tertiary/aromatic N) is 1. The number of carbonyl (C=O) groups is 2. The molecule has 1 aromatic heterocycles. The van der Waals surface area contributed by atoms with Gasteiger partial charge < -0.3 is 20.2 Å². The molecule has 0 aromatic carbocycles. The summed E-state index contributed by atoms with van der Waals surface area (Å²) in [5, 5.41) is 12.6. The Morgan fingerprint density at radius 3 is 2.83 bits per heavy atom. The highest BCUT2D eigenvalue weighted by Gasteiger charge is 2.12. The molecule has 0 atom stereocenters. The smallest absolute Gasteiger partial charge is 0.271 e. The Balaban J connectivity index is 3.07. The third-order valence-electron chi connectivity index (χ3n) is 1.29. The number of rotatable bonds is 2. The van der Waals surface area contributed by atoms with E-state index in [1.54, 1.807) is 0 Å². The van der Waals surface area contributed by atoms with Gasteiger partial charge in [-0.05, 0) is 0 Å². The van der Waals surface area contributed by atoms with Crippen LogP contribution in [0.2, 0.25) is 0 Å². The maximum absolute atomic E-state index is 10.9. The Morgan fingerprint density at radius 2 is 2.33 bits per heavy atom. The quantitative estimate of drug-likeness (QED) is 0.540. The van der Waals surface area contributed by atoms with Crippen molar-refractivity contribution < 1.29 is 14.7 Å². The maximum Gasteiger partial charge on any atom is 0.271 e. The molecule has 0 saturated heterocycles. The van der Waals surface area contributed by atoms with E-state index >= 15 is 0 Å². The van der Waals surface area contributed by atoms with Crippen molar-refractivity contribution in [3.05, 3.63) is 17.7 Å².